The van der Waals surface area contributed by atoms with E-state index in [0.717, 1.165) is 22.3 Å². The Labute approximate surface area is 178 Å². The van der Waals surface area contributed by atoms with Crippen molar-refractivity contribution in [1.82, 2.24) is 34.8 Å². The van der Waals surface area contributed by atoms with Gasteiger partial charge in [0.2, 0.25) is 5.91 Å². The quantitative estimate of drug-likeness (QED) is 0.449. The van der Waals surface area contributed by atoms with Gasteiger partial charge in [-0.3, -0.25) is 14.5 Å². The molecule has 0 aliphatic heterocycles. The molecule has 0 aliphatic rings. The number of carbonyl (C=O) groups excluding carboxylic acids is 1. The zero-order chi connectivity index (χ0) is 20.9. The third-order valence-electron chi connectivity index (χ3n) is 4.69. The van der Waals surface area contributed by atoms with E-state index in [-0.39, 0.29) is 12.5 Å². The molecule has 4 rings (SSSR count). The highest BCUT2D eigenvalue weighted by atomic mass is 32.1. The van der Waals surface area contributed by atoms with Crippen molar-refractivity contribution in [2.75, 3.05) is 0 Å². The molecule has 0 fully saturated rings. The smallest absolute Gasteiger partial charge is 0.240 e. The van der Waals surface area contributed by atoms with E-state index in [1.807, 2.05) is 55.5 Å². The third-order valence-corrected chi connectivity index (χ3v) is 5.01. The van der Waals surface area contributed by atoms with Crippen LogP contribution in [-0.4, -0.2) is 35.4 Å². The maximum absolute atomic E-state index is 12.5. The van der Waals surface area contributed by atoms with Crippen molar-refractivity contribution in [3.8, 4) is 11.4 Å². The summed E-state index contributed by atoms with van der Waals surface area (Å²) in [5, 5.41) is 14.1. The zero-order valence-corrected chi connectivity index (χ0v) is 17.3. The molecular weight excluding hydrogens is 398 g/mol. The number of amides is 1. The van der Waals surface area contributed by atoms with Crippen molar-refractivity contribution < 1.29 is 4.79 Å². The van der Waals surface area contributed by atoms with Crippen LogP contribution in [0.5, 0.6) is 0 Å². The fraction of sp³-hybridized carbons (Fsp3) is 0.190. The first-order valence-electron chi connectivity index (χ1n) is 9.47. The molecule has 152 valence electrons. The zero-order valence-electron chi connectivity index (χ0n) is 16.4. The summed E-state index contributed by atoms with van der Waals surface area (Å²) in [6, 6.07) is 16.0. The van der Waals surface area contributed by atoms with Crippen molar-refractivity contribution in [2.24, 2.45) is 0 Å². The van der Waals surface area contributed by atoms with E-state index in [0.29, 0.717) is 23.7 Å². The molecule has 30 heavy (non-hydrogen) atoms. The first kappa shape index (κ1) is 19.7. The van der Waals surface area contributed by atoms with Gasteiger partial charge in [0.1, 0.15) is 19.2 Å². The highest BCUT2D eigenvalue weighted by Gasteiger charge is 2.12. The second kappa shape index (κ2) is 8.83. The van der Waals surface area contributed by atoms with Crippen molar-refractivity contribution >= 4 is 18.1 Å². The van der Waals surface area contributed by atoms with E-state index in [2.05, 4.69) is 25.6 Å². The van der Waals surface area contributed by atoms with Crippen molar-refractivity contribution in [1.29, 1.82) is 0 Å². The van der Waals surface area contributed by atoms with Crippen molar-refractivity contribution in [3.05, 3.63) is 82.6 Å². The molecule has 0 saturated carbocycles. The van der Waals surface area contributed by atoms with Crippen molar-refractivity contribution in [3.63, 3.8) is 0 Å². The largest absolute Gasteiger partial charge is 0.350 e. The minimum Gasteiger partial charge on any atom is -0.350 e. The molecule has 0 spiro atoms. The molecular formula is C21H21N7OS. The highest BCUT2D eigenvalue weighted by molar-refractivity contribution is 7.71. The summed E-state index contributed by atoms with van der Waals surface area (Å²) in [6.45, 7) is 3.22. The summed E-state index contributed by atoms with van der Waals surface area (Å²) >= 11 is 5.31. The van der Waals surface area contributed by atoms with Gasteiger partial charge in [0.25, 0.3) is 0 Å². The number of aryl methyl sites for hydroxylation is 1. The van der Waals surface area contributed by atoms with Crippen LogP contribution in [0.2, 0.25) is 0 Å². The van der Waals surface area contributed by atoms with E-state index >= 15 is 0 Å². The third kappa shape index (κ3) is 4.69. The molecule has 9 heteroatoms. The van der Waals surface area contributed by atoms with Gasteiger partial charge >= 0.3 is 0 Å². The lowest BCUT2D eigenvalue weighted by Crippen LogP contribution is -2.27. The van der Waals surface area contributed by atoms with Crippen LogP contribution in [0.15, 0.2) is 61.2 Å². The fourth-order valence-corrected chi connectivity index (χ4v) is 3.25. The Kier molecular flexibility index (Phi) is 5.80. The van der Waals surface area contributed by atoms with Crippen LogP contribution in [0.4, 0.5) is 0 Å². The van der Waals surface area contributed by atoms with Gasteiger partial charge < -0.3 is 5.32 Å². The van der Waals surface area contributed by atoms with Gasteiger partial charge in [-0.05, 0) is 30.3 Å². The molecule has 4 aromatic rings. The Morgan fingerprint density at radius 2 is 1.83 bits per heavy atom. The number of hydrogen-bond acceptors (Lipinski definition) is 5. The van der Waals surface area contributed by atoms with Crippen LogP contribution in [0.25, 0.3) is 11.4 Å². The first-order valence-corrected chi connectivity index (χ1v) is 9.88. The average Bonchev–Trinajstić information content (AvgIpc) is 3.39. The van der Waals surface area contributed by atoms with Gasteiger partial charge in [-0.25, -0.2) is 9.67 Å². The lowest BCUT2D eigenvalue weighted by atomic mass is 10.1. The Bertz CT molecular complexity index is 1180. The number of nitrogens with one attached hydrogen (secondary N) is 2. The van der Waals surface area contributed by atoms with Crippen LogP contribution < -0.4 is 5.32 Å². The topological polar surface area (TPSA) is 93.4 Å². The number of rotatable bonds is 7. The Hall–Kier alpha value is -3.59. The standard InChI is InChI=1S/C21H21N7OS/c1-15-2-8-18(9-3-15)20-25-26-21(30)28(20)12-19(29)23-10-16-4-6-17(7-5-16)11-27-14-22-13-24-27/h2-9,13-14H,10-12H2,1H3,(H,23,29)(H,26,30). The molecule has 1 amide bonds. The van der Waals surface area contributed by atoms with Gasteiger partial charge in [-0.2, -0.15) is 10.2 Å². The lowest BCUT2D eigenvalue weighted by Gasteiger charge is -2.09. The summed E-state index contributed by atoms with van der Waals surface area (Å²) in [5.74, 6) is 0.514. The predicted octanol–water partition coefficient (Wildman–Crippen LogP) is 2.87. The molecule has 0 atom stereocenters. The molecule has 2 heterocycles. The van der Waals surface area contributed by atoms with Crippen LogP contribution in [0, 0.1) is 11.7 Å². The Morgan fingerprint density at radius 1 is 1.10 bits per heavy atom. The predicted molar refractivity (Wildman–Crippen MR) is 115 cm³/mol. The molecule has 2 aromatic carbocycles. The molecule has 0 unspecified atom stereocenters. The second-order valence-electron chi connectivity index (χ2n) is 6.99. The summed E-state index contributed by atoms with van der Waals surface area (Å²) < 4.78 is 3.88. The highest BCUT2D eigenvalue weighted by Crippen LogP contribution is 2.17. The van der Waals surface area contributed by atoms with Gasteiger partial charge in [0, 0.05) is 12.1 Å². The van der Waals surface area contributed by atoms with Crippen LogP contribution in [0.1, 0.15) is 16.7 Å². The van der Waals surface area contributed by atoms with Gasteiger partial charge in [-0.15, -0.1) is 0 Å². The number of aromatic nitrogens is 6. The van der Waals surface area contributed by atoms with E-state index in [9.17, 15) is 4.79 Å². The lowest BCUT2D eigenvalue weighted by molar-refractivity contribution is -0.121. The summed E-state index contributed by atoms with van der Waals surface area (Å²) in [6.07, 6.45) is 3.19. The maximum atomic E-state index is 12.5. The van der Waals surface area contributed by atoms with Gasteiger partial charge in [0.05, 0.1) is 6.54 Å². The van der Waals surface area contributed by atoms with Crippen LogP contribution in [0.3, 0.4) is 0 Å². The maximum Gasteiger partial charge on any atom is 0.240 e. The fourth-order valence-electron chi connectivity index (χ4n) is 3.05. The number of carbonyl (C=O) groups is 1. The molecule has 0 aliphatic carbocycles. The molecule has 8 nitrogen and oxygen atoms in total. The van der Waals surface area contributed by atoms with Crippen LogP contribution in [-0.2, 0) is 24.4 Å². The summed E-state index contributed by atoms with van der Waals surface area (Å²) in [7, 11) is 0. The number of aromatic amines is 1. The number of hydrogen-bond donors (Lipinski definition) is 2. The van der Waals surface area contributed by atoms with E-state index in [1.165, 1.54) is 6.33 Å². The SMILES string of the molecule is Cc1ccc(-c2n[nH]c(=S)n2CC(=O)NCc2ccc(Cn3cncn3)cc2)cc1. The Balaban J connectivity index is 1.37. The minimum atomic E-state index is -0.132. The second-order valence-corrected chi connectivity index (χ2v) is 7.38. The summed E-state index contributed by atoms with van der Waals surface area (Å²) in [5.41, 5.74) is 4.19. The van der Waals surface area contributed by atoms with E-state index < -0.39 is 0 Å². The molecule has 0 bridgehead atoms. The molecule has 0 saturated heterocycles. The van der Waals surface area contributed by atoms with Gasteiger partial charge in [-0.1, -0.05) is 54.1 Å². The normalized spacial score (nSPS) is 10.8. The molecule has 2 aromatic heterocycles. The molecule has 2 N–H and O–H groups in total. The van der Waals surface area contributed by atoms with Crippen molar-refractivity contribution in [2.45, 2.75) is 26.6 Å². The monoisotopic (exact) mass is 419 g/mol. The molecule has 0 radical (unpaired) electrons. The van der Waals surface area contributed by atoms with E-state index in [4.69, 9.17) is 12.2 Å². The van der Waals surface area contributed by atoms with Crippen LogP contribution >= 0.6 is 12.2 Å². The number of H-pyrrole nitrogens is 1. The first-order chi connectivity index (χ1) is 14.6. The van der Waals surface area contributed by atoms with E-state index in [1.54, 1.807) is 15.6 Å². The number of nitrogens with zero attached hydrogens (tertiary/aromatic N) is 5. The minimum absolute atomic E-state index is 0.100. The number of benzene rings is 2. The summed E-state index contributed by atoms with van der Waals surface area (Å²) in [4.78, 5) is 16.5. The van der Waals surface area contributed by atoms with Gasteiger partial charge in [0.15, 0.2) is 10.6 Å². The Morgan fingerprint density at radius 3 is 2.53 bits per heavy atom. The average molecular weight is 420 g/mol.